The van der Waals surface area contributed by atoms with Gasteiger partial charge in [0.1, 0.15) is 16.7 Å². The highest BCUT2D eigenvalue weighted by atomic mass is 32.2. The van der Waals surface area contributed by atoms with Crippen LogP contribution in [-0.4, -0.2) is 32.5 Å². The number of phenols is 2. The van der Waals surface area contributed by atoms with Crippen LogP contribution in [0.25, 0.3) is 0 Å². The van der Waals surface area contributed by atoms with Gasteiger partial charge in [-0.05, 0) is 60.6 Å². The standard InChI is InChI=1S/C18H16N2O5S/c1-10-2-7-14(22)13(8-10)19-16(23)9-15-17(24)20(18(25)26-15)11-3-5-12(21)6-4-11/h2-8,15,21-22H,9H2,1H3,(H,19,23). The molecule has 0 aliphatic carbocycles. The summed E-state index contributed by atoms with van der Waals surface area (Å²) in [6.45, 7) is 1.82. The fourth-order valence-electron chi connectivity index (χ4n) is 2.54. The Labute approximate surface area is 153 Å². The number of aryl methyl sites for hydroxylation is 1. The van der Waals surface area contributed by atoms with Gasteiger partial charge in [-0.25, -0.2) is 4.90 Å². The zero-order valence-corrected chi connectivity index (χ0v) is 14.6. The smallest absolute Gasteiger partial charge is 0.293 e. The van der Waals surface area contributed by atoms with Gasteiger partial charge in [0.25, 0.3) is 5.24 Å². The predicted molar refractivity (Wildman–Crippen MR) is 98.5 cm³/mol. The first kappa shape index (κ1) is 17.8. The number of amides is 3. The van der Waals surface area contributed by atoms with Crippen molar-refractivity contribution in [3.63, 3.8) is 0 Å². The van der Waals surface area contributed by atoms with Crippen molar-refractivity contribution in [2.45, 2.75) is 18.6 Å². The molecule has 0 spiro atoms. The summed E-state index contributed by atoms with van der Waals surface area (Å²) in [5.74, 6) is -1.02. The van der Waals surface area contributed by atoms with Crippen molar-refractivity contribution in [2.24, 2.45) is 0 Å². The summed E-state index contributed by atoms with van der Waals surface area (Å²) in [6, 6.07) is 10.5. The molecule has 1 saturated heterocycles. The minimum atomic E-state index is -0.844. The molecule has 1 atom stereocenters. The normalized spacial score (nSPS) is 16.8. The van der Waals surface area contributed by atoms with Gasteiger partial charge in [0.15, 0.2) is 0 Å². The van der Waals surface area contributed by atoms with Crippen molar-refractivity contribution in [3.05, 3.63) is 48.0 Å². The first-order valence-corrected chi connectivity index (χ1v) is 8.66. The van der Waals surface area contributed by atoms with Gasteiger partial charge in [-0.2, -0.15) is 0 Å². The summed E-state index contributed by atoms with van der Waals surface area (Å²) >= 11 is 0.779. The highest BCUT2D eigenvalue weighted by molar-refractivity contribution is 8.15. The largest absolute Gasteiger partial charge is 0.508 e. The number of rotatable bonds is 4. The average molecular weight is 372 g/mol. The van der Waals surface area contributed by atoms with Crippen molar-refractivity contribution in [1.29, 1.82) is 0 Å². The summed E-state index contributed by atoms with van der Waals surface area (Å²) in [5.41, 5.74) is 1.45. The fourth-order valence-corrected chi connectivity index (χ4v) is 3.53. The Balaban J connectivity index is 1.69. The van der Waals surface area contributed by atoms with E-state index < -0.39 is 22.3 Å². The number of thioether (sulfide) groups is 1. The molecular formula is C18H16N2O5S. The SMILES string of the molecule is Cc1ccc(O)c(NC(=O)CC2SC(=O)N(c3ccc(O)cc3)C2=O)c1. The van der Waals surface area contributed by atoms with E-state index in [4.69, 9.17) is 0 Å². The Hall–Kier alpha value is -3.00. The number of hydrogen-bond acceptors (Lipinski definition) is 6. The molecule has 2 aromatic carbocycles. The fraction of sp³-hybridized carbons (Fsp3) is 0.167. The molecule has 3 rings (SSSR count). The third-order valence-corrected chi connectivity index (χ3v) is 4.86. The van der Waals surface area contributed by atoms with Gasteiger partial charge in [-0.1, -0.05) is 6.07 Å². The van der Waals surface area contributed by atoms with E-state index in [0.29, 0.717) is 5.69 Å². The molecule has 1 aliphatic rings. The third kappa shape index (κ3) is 3.65. The average Bonchev–Trinajstić information content (AvgIpc) is 2.86. The van der Waals surface area contributed by atoms with Gasteiger partial charge < -0.3 is 15.5 Å². The minimum absolute atomic E-state index is 0.0226. The van der Waals surface area contributed by atoms with Crippen LogP contribution in [0.5, 0.6) is 11.5 Å². The van der Waals surface area contributed by atoms with Gasteiger partial charge >= 0.3 is 0 Å². The number of anilines is 2. The van der Waals surface area contributed by atoms with E-state index in [1.807, 2.05) is 6.92 Å². The van der Waals surface area contributed by atoms with Crippen LogP contribution < -0.4 is 10.2 Å². The highest BCUT2D eigenvalue weighted by Crippen LogP contribution is 2.34. The van der Waals surface area contributed by atoms with E-state index in [2.05, 4.69) is 5.32 Å². The maximum absolute atomic E-state index is 12.5. The van der Waals surface area contributed by atoms with Crippen molar-refractivity contribution in [2.75, 3.05) is 10.2 Å². The molecule has 1 heterocycles. The molecule has 0 radical (unpaired) electrons. The summed E-state index contributed by atoms with van der Waals surface area (Å²) in [6.07, 6.45) is -0.197. The lowest BCUT2D eigenvalue weighted by Gasteiger charge is -2.14. The summed E-state index contributed by atoms with van der Waals surface area (Å²) < 4.78 is 0. The number of imide groups is 1. The zero-order chi connectivity index (χ0) is 18.8. The third-order valence-electron chi connectivity index (χ3n) is 3.83. The van der Waals surface area contributed by atoms with Crippen LogP contribution in [0.3, 0.4) is 0 Å². The first-order chi connectivity index (χ1) is 12.3. The molecule has 134 valence electrons. The molecule has 1 aliphatic heterocycles. The van der Waals surface area contributed by atoms with E-state index in [1.54, 1.807) is 12.1 Å². The van der Waals surface area contributed by atoms with Gasteiger partial charge in [-0.15, -0.1) is 0 Å². The number of carbonyl (C=O) groups is 3. The van der Waals surface area contributed by atoms with Crippen LogP contribution in [0, 0.1) is 6.92 Å². The zero-order valence-electron chi connectivity index (χ0n) is 13.8. The number of phenolic OH excluding ortho intramolecular Hbond substituents is 2. The number of hydrogen-bond donors (Lipinski definition) is 3. The second-order valence-electron chi connectivity index (χ2n) is 5.84. The van der Waals surface area contributed by atoms with Crippen LogP contribution in [0.2, 0.25) is 0 Å². The predicted octanol–water partition coefficient (Wildman–Crippen LogP) is 3.00. The molecule has 7 nitrogen and oxygen atoms in total. The van der Waals surface area contributed by atoms with Crippen LogP contribution in [0.15, 0.2) is 42.5 Å². The number of aromatic hydroxyl groups is 2. The number of carbonyl (C=O) groups excluding carboxylic acids is 3. The number of nitrogens with zero attached hydrogens (tertiary/aromatic N) is 1. The van der Waals surface area contributed by atoms with Gasteiger partial charge in [0.2, 0.25) is 11.8 Å². The van der Waals surface area contributed by atoms with Crippen LogP contribution in [-0.2, 0) is 9.59 Å². The van der Waals surface area contributed by atoms with Crippen LogP contribution in [0.4, 0.5) is 16.2 Å². The van der Waals surface area contributed by atoms with E-state index in [9.17, 15) is 24.6 Å². The Bertz CT molecular complexity index is 882. The van der Waals surface area contributed by atoms with Crippen LogP contribution in [0.1, 0.15) is 12.0 Å². The molecular weight excluding hydrogens is 356 g/mol. The molecule has 1 fully saturated rings. The van der Waals surface area contributed by atoms with Crippen molar-refractivity contribution in [1.82, 2.24) is 0 Å². The van der Waals surface area contributed by atoms with Gasteiger partial charge in [0.05, 0.1) is 11.4 Å². The Morgan fingerprint density at radius 2 is 1.85 bits per heavy atom. The number of benzene rings is 2. The molecule has 8 heteroatoms. The van der Waals surface area contributed by atoms with E-state index >= 15 is 0 Å². The molecule has 1 unspecified atom stereocenters. The van der Waals surface area contributed by atoms with Crippen molar-refractivity contribution >= 4 is 40.2 Å². The summed E-state index contributed by atoms with van der Waals surface area (Å²) in [4.78, 5) is 37.9. The lowest BCUT2D eigenvalue weighted by Crippen LogP contribution is -2.32. The molecule has 3 N–H and O–H groups in total. The van der Waals surface area contributed by atoms with Crippen molar-refractivity contribution in [3.8, 4) is 11.5 Å². The van der Waals surface area contributed by atoms with E-state index in [-0.39, 0.29) is 23.6 Å². The maximum atomic E-state index is 12.5. The highest BCUT2D eigenvalue weighted by Gasteiger charge is 2.41. The second kappa shape index (κ2) is 7.09. The second-order valence-corrected chi connectivity index (χ2v) is 6.99. The topological polar surface area (TPSA) is 107 Å². The summed E-state index contributed by atoms with van der Waals surface area (Å²) in [5, 5.41) is 20.3. The molecule has 0 aromatic heterocycles. The Morgan fingerprint density at radius 1 is 1.15 bits per heavy atom. The quantitative estimate of drug-likeness (QED) is 0.712. The molecule has 2 aromatic rings. The van der Waals surface area contributed by atoms with Gasteiger partial charge in [0, 0.05) is 6.42 Å². The van der Waals surface area contributed by atoms with E-state index in [0.717, 1.165) is 22.2 Å². The summed E-state index contributed by atoms with van der Waals surface area (Å²) in [7, 11) is 0. The monoisotopic (exact) mass is 372 g/mol. The molecule has 26 heavy (non-hydrogen) atoms. The molecule has 3 amide bonds. The van der Waals surface area contributed by atoms with Crippen molar-refractivity contribution < 1.29 is 24.6 Å². The van der Waals surface area contributed by atoms with E-state index in [1.165, 1.54) is 30.3 Å². The molecule has 0 bridgehead atoms. The number of nitrogens with one attached hydrogen (secondary N) is 1. The Kier molecular flexibility index (Phi) is 4.85. The lowest BCUT2D eigenvalue weighted by atomic mass is 10.2. The lowest BCUT2D eigenvalue weighted by molar-refractivity contribution is -0.121. The van der Waals surface area contributed by atoms with Crippen LogP contribution >= 0.6 is 11.8 Å². The Morgan fingerprint density at radius 3 is 2.54 bits per heavy atom. The first-order valence-electron chi connectivity index (χ1n) is 7.78. The maximum Gasteiger partial charge on any atom is 0.293 e. The van der Waals surface area contributed by atoms with Gasteiger partial charge in [-0.3, -0.25) is 14.4 Å². The minimum Gasteiger partial charge on any atom is -0.508 e. The molecule has 0 saturated carbocycles.